The third kappa shape index (κ3) is 1.59. The van der Waals surface area contributed by atoms with Crippen molar-refractivity contribution in [2.45, 2.75) is 0 Å². The summed E-state index contributed by atoms with van der Waals surface area (Å²) in [5.74, 6) is 0. The lowest BCUT2D eigenvalue weighted by Crippen LogP contribution is -1.97. The summed E-state index contributed by atoms with van der Waals surface area (Å²) in [7, 11) is 0. The molecule has 0 amide bonds. The van der Waals surface area contributed by atoms with Crippen LogP contribution in [-0.2, 0) is 0 Å². The maximum absolute atomic E-state index is 4.64. The van der Waals surface area contributed by atoms with E-state index in [0.29, 0.717) is 0 Å². The molecule has 0 saturated carbocycles. The van der Waals surface area contributed by atoms with Gasteiger partial charge in [0.2, 0.25) is 0 Å². The van der Waals surface area contributed by atoms with Crippen LogP contribution in [0.3, 0.4) is 0 Å². The van der Waals surface area contributed by atoms with Gasteiger partial charge in [0.05, 0.1) is 17.2 Å². The fourth-order valence-corrected chi connectivity index (χ4v) is 2.33. The Morgan fingerprint density at radius 3 is 2.58 bits per heavy atom. The van der Waals surface area contributed by atoms with Gasteiger partial charge in [0.1, 0.15) is 0 Å². The third-order valence-corrected chi connectivity index (χ3v) is 3.23. The number of para-hydroxylation sites is 2. The number of nitrogens with zero attached hydrogens (tertiary/aromatic N) is 3. The normalized spacial score (nSPS) is 12.5. The number of hydrogen-bond acceptors (Lipinski definition) is 2. The number of aromatic nitrogens is 3. The van der Waals surface area contributed by atoms with E-state index in [9.17, 15) is 0 Å². The molecule has 3 heteroatoms. The molecule has 0 radical (unpaired) electrons. The highest BCUT2D eigenvalue weighted by Gasteiger charge is 2.06. The first-order valence-electron chi connectivity index (χ1n) is 6.21. The Hall–Kier alpha value is -2.68. The largest absolute Gasteiger partial charge is 0.226 e. The monoisotopic (exact) mass is 245 g/mol. The van der Waals surface area contributed by atoms with Gasteiger partial charge in [-0.2, -0.15) is 5.10 Å². The summed E-state index contributed by atoms with van der Waals surface area (Å²) in [5.41, 5.74) is 4.09. The predicted octanol–water partition coefficient (Wildman–Crippen LogP) is 2.43. The summed E-state index contributed by atoms with van der Waals surface area (Å²) in [6.45, 7) is 0. The summed E-state index contributed by atoms with van der Waals surface area (Å²) in [4.78, 5) is 4.64. The van der Waals surface area contributed by atoms with Crippen molar-refractivity contribution < 1.29 is 0 Å². The molecule has 0 aliphatic heterocycles. The van der Waals surface area contributed by atoms with Crippen molar-refractivity contribution in [2.24, 2.45) is 0 Å². The molecule has 2 aromatic carbocycles. The van der Waals surface area contributed by atoms with Crippen LogP contribution in [0.4, 0.5) is 0 Å². The first-order valence-corrected chi connectivity index (χ1v) is 6.21. The van der Waals surface area contributed by atoms with E-state index in [1.807, 2.05) is 53.2 Å². The summed E-state index contributed by atoms with van der Waals surface area (Å²) in [6.07, 6.45) is 3.97. The van der Waals surface area contributed by atoms with Gasteiger partial charge in [-0.1, -0.05) is 42.5 Å². The van der Waals surface area contributed by atoms with Gasteiger partial charge in [-0.3, -0.25) is 0 Å². The number of benzene rings is 2. The van der Waals surface area contributed by atoms with Gasteiger partial charge in [0.25, 0.3) is 0 Å². The Labute approximate surface area is 109 Å². The molecule has 4 rings (SSSR count). The molecule has 0 atom stereocenters. The Kier molecular flexibility index (Phi) is 2.12. The quantitative estimate of drug-likeness (QED) is 0.515. The zero-order chi connectivity index (χ0) is 12.7. The van der Waals surface area contributed by atoms with Crippen LogP contribution < -0.4 is 5.22 Å². The van der Waals surface area contributed by atoms with Crippen LogP contribution in [0.1, 0.15) is 5.56 Å². The Balaban J connectivity index is 2.03. The molecule has 0 saturated heterocycles. The lowest BCUT2D eigenvalue weighted by atomic mass is 10.2. The van der Waals surface area contributed by atoms with Crippen LogP contribution in [-0.4, -0.2) is 14.6 Å². The second-order valence-electron chi connectivity index (χ2n) is 4.49. The first-order chi connectivity index (χ1) is 9.42. The van der Waals surface area contributed by atoms with E-state index < -0.39 is 0 Å². The molecule has 2 heterocycles. The lowest BCUT2D eigenvalue weighted by Gasteiger charge is -1.88. The Morgan fingerprint density at radius 2 is 1.68 bits per heavy atom. The van der Waals surface area contributed by atoms with Gasteiger partial charge in [0, 0.05) is 5.22 Å². The SMILES string of the molecule is C(/c1ccccc1)=c1\cnn2c1nc1ccccc12. The first kappa shape index (κ1) is 10.3. The van der Waals surface area contributed by atoms with Gasteiger partial charge in [-0.15, -0.1) is 0 Å². The van der Waals surface area contributed by atoms with E-state index in [1.165, 1.54) is 0 Å². The zero-order valence-electron chi connectivity index (χ0n) is 10.2. The van der Waals surface area contributed by atoms with Crippen molar-refractivity contribution in [3.63, 3.8) is 0 Å². The topological polar surface area (TPSA) is 30.2 Å². The smallest absolute Gasteiger partial charge is 0.163 e. The summed E-state index contributed by atoms with van der Waals surface area (Å²) >= 11 is 0. The maximum atomic E-state index is 4.64. The van der Waals surface area contributed by atoms with Crippen molar-refractivity contribution in [2.75, 3.05) is 0 Å². The molecule has 19 heavy (non-hydrogen) atoms. The molecule has 3 nitrogen and oxygen atoms in total. The summed E-state index contributed by atoms with van der Waals surface area (Å²) < 4.78 is 1.89. The van der Waals surface area contributed by atoms with Crippen molar-refractivity contribution in [1.29, 1.82) is 0 Å². The van der Waals surface area contributed by atoms with E-state index in [0.717, 1.165) is 27.5 Å². The van der Waals surface area contributed by atoms with Crippen LogP contribution >= 0.6 is 0 Å². The zero-order valence-corrected chi connectivity index (χ0v) is 10.2. The van der Waals surface area contributed by atoms with Crippen LogP contribution in [0, 0.1) is 0 Å². The fraction of sp³-hybridized carbons (Fsp3) is 0. The van der Waals surface area contributed by atoms with Gasteiger partial charge < -0.3 is 0 Å². The molecule has 0 N–H and O–H groups in total. The molecule has 2 aromatic heterocycles. The highest BCUT2D eigenvalue weighted by Crippen LogP contribution is 2.12. The van der Waals surface area contributed by atoms with Crippen LogP contribution in [0.25, 0.3) is 22.8 Å². The third-order valence-electron chi connectivity index (χ3n) is 3.23. The average molecular weight is 245 g/mol. The van der Waals surface area contributed by atoms with Crippen molar-refractivity contribution in [3.8, 4) is 0 Å². The van der Waals surface area contributed by atoms with Gasteiger partial charge in [-0.05, 0) is 23.8 Å². The summed E-state index contributed by atoms with van der Waals surface area (Å²) in [6, 6.07) is 18.3. The molecule has 90 valence electrons. The molecule has 0 fully saturated rings. The molecule has 0 bridgehead atoms. The highest BCUT2D eigenvalue weighted by atomic mass is 15.3. The number of fused-ring (bicyclic) bond motifs is 3. The molecule has 4 aromatic rings. The van der Waals surface area contributed by atoms with Crippen LogP contribution in [0.15, 0.2) is 60.8 Å². The van der Waals surface area contributed by atoms with E-state index >= 15 is 0 Å². The minimum absolute atomic E-state index is 0.907. The van der Waals surface area contributed by atoms with Crippen LogP contribution in [0.2, 0.25) is 0 Å². The van der Waals surface area contributed by atoms with E-state index in [4.69, 9.17) is 0 Å². The van der Waals surface area contributed by atoms with E-state index in [-0.39, 0.29) is 0 Å². The van der Waals surface area contributed by atoms with Gasteiger partial charge >= 0.3 is 0 Å². The standard InChI is InChI=1S/C16H11N3/c1-2-6-12(7-3-1)10-13-11-17-19-15-9-5-4-8-14(15)18-16(13)19/h1-11H/b13-10-. The number of hydrogen-bond donors (Lipinski definition) is 0. The van der Waals surface area contributed by atoms with E-state index in [1.54, 1.807) is 0 Å². The molecular weight excluding hydrogens is 234 g/mol. The predicted molar refractivity (Wildman–Crippen MR) is 75.7 cm³/mol. The molecule has 0 aliphatic carbocycles. The second kappa shape index (κ2) is 3.92. The van der Waals surface area contributed by atoms with E-state index in [2.05, 4.69) is 28.3 Å². The molecule has 0 aliphatic rings. The minimum atomic E-state index is 0.907. The fourth-order valence-electron chi connectivity index (χ4n) is 2.33. The molecule has 0 spiro atoms. The number of imidazole rings is 1. The molecule has 0 unspecified atom stereocenters. The van der Waals surface area contributed by atoms with Gasteiger partial charge in [-0.25, -0.2) is 9.50 Å². The Morgan fingerprint density at radius 1 is 0.895 bits per heavy atom. The summed E-state index contributed by atoms with van der Waals surface area (Å²) in [5, 5.41) is 5.47. The highest BCUT2D eigenvalue weighted by molar-refractivity contribution is 5.80. The van der Waals surface area contributed by atoms with Crippen molar-refractivity contribution in [3.05, 3.63) is 71.6 Å². The second-order valence-corrected chi connectivity index (χ2v) is 4.49. The maximum Gasteiger partial charge on any atom is 0.163 e. The molecular formula is C16H11N3. The van der Waals surface area contributed by atoms with Crippen molar-refractivity contribution >= 4 is 22.8 Å². The van der Waals surface area contributed by atoms with Crippen LogP contribution in [0.5, 0.6) is 0 Å². The van der Waals surface area contributed by atoms with Gasteiger partial charge in [0.15, 0.2) is 5.65 Å². The average Bonchev–Trinajstić information content (AvgIpc) is 3.00. The van der Waals surface area contributed by atoms with Crippen molar-refractivity contribution in [1.82, 2.24) is 14.6 Å². The number of rotatable bonds is 1. The lowest BCUT2D eigenvalue weighted by molar-refractivity contribution is 1.01. The Bertz CT molecular complexity index is 907. The minimum Gasteiger partial charge on any atom is -0.226 e.